The summed E-state index contributed by atoms with van der Waals surface area (Å²) in [5.74, 6) is -0.0451. The molecule has 2 aromatic carbocycles. The van der Waals surface area contributed by atoms with Crippen LogP contribution in [0.2, 0.25) is 0 Å². The molecule has 23 heavy (non-hydrogen) atoms. The van der Waals surface area contributed by atoms with E-state index in [4.69, 9.17) is 0 Å². The maximum atomic E-state index is 13.0. The molecular formula is C19H21FN2O. The summed E-state index contributed by atoms with van der Waals surface area (Å²) >= 11 is 0. The lowest BCUT2D eigenvalue weighted by Gasteiger charge is -2.35. The van der Waals surface area contributed by atoms with Gasteiger partial charge in [-0.3, -0.25) is 9.69 Å². The third-order valence-corrected chi connectivity index (χ3v) is 4.30. The Morgan fingerprint density at radius 1 is 0.957 bits per heavy atom. The van der Waals surface area contributed by atoms with Gasteiger partial charge in [0.2, 0.25) is 0 Å². The van der Waals surface area contributed by atoms with Crippen molar-refractivity contribution in [2.24, 2.45) is 0 Å². The molecule has 4 heteroatoms. The first-order valence-electron chi connectivity index (χ1n) is 7.94. The molecule has 0 bridgehead atoms. The van der Waals surface area contributed by atoms with Gasteiger partial charge in [0.15, 0.2) is 5.78 Å². The van der Waals surface area contributed by atoms with Crippen molar-refractivity contribution in [3.05, 3.63) is 65.5 Å². The Kier molecular flexibility index (Phi) is 4.72. The molecule has 0 aromatic heterocycles. The van der Waals surface area contributed by atoms with Crippen molar-refractivity contribution in [1.29, 1.82) is 0 Å². The van der Waals surface area contributed by atoms with E-state index < -0.39 is 0 Å². The molecule has 0 atom stereocenters. The molecule has 0 amide bonds. The highest BCUT2D eigenvalue weighted by Crippen LogP contribution is 2.17. The highest BCUT2D eigenvalue weighted by Gasteiger charge is 2.19. The van der Waals surface area contributed by atoms with E-state index in [1.165, 1.54) is 12.1 Å². The predicted molar refractivity (Wildman–Crippen MR) is 90.6 cm³/mol. The molecule has 0 spiro atoms. The smallest absolute Gasteiger partial charge is 0.176 e. The highest BCUT2D eigenvalue weighted by molar-refractivity contribution is 5.97. The Morgan fingerprint density at radius 2 is 1.57 bits per heavy atom. The number of halogens is 1. The van der Waals surface area contributed by atoms with Crippen LogP contribution in [0.1, 0.15) is 15.9 Å². The number of aryl methyl sites for hydroxylation is 1. The van der Waals surface area contributed by atoms with E-state index in [1.54, 1.807) is 0 Å². The molecule has 1 heterocycles. The lowest BCUT2D eigenvalue weighted by Crippen LogP contribution is -2.48. The first-order chi connectivity index (χ1) is 11.1. The van der Waals surface area contributed by atoms with Crippen LogP contribution in [0.4, 0.5) is 10.1 Å². The van der Waals surface area contributed by atoms with Crippen LogP contribution in [0, 0.1) is 12.7 Å². The van der Waals surface area contributed by atoms with Gasteiger partial charge in [-0.05, 0) is 31.2 Å². The van der Waals surface area contributed by atoms with Crippen LogP contribution >= 0.6 is 0 Å². The summed E-state index contributed by atoms with van der Waals surface area (Å²) in [5.41, 5.74) is 2.97. The second-order valence-electron chi connectivity index (χ2n) is 6.03. The van der Waals surface area contributed by atoms with Crippen molar-refractivity contribution in [3.8, 4) is 0 Å². The van der Waals surface area contributed by atoms with Gasteiger partial charge < -0.3 is 4.90 Å². The van der Waals surface area contributed by atoms with E-state index in [9.17, 15) is 9.18 Å². The molecule has 3 rings (SSSR count). The predicted octanol–water partition coefficient (Wildman–Crippen LogP) is 3.14. The second kappa shape index (κ2) is 6.92. The molecule has 1 aliphatic heterocycles. The fourth-order valence-electron chi connectivity index (χ4n) is 2.85. The number of nitrogens with zero attached hydrogens (tertiary/aromatic N) is 2. The number of piperazine rings is 1. The largest absolute Gasteiger partial charge is 0.369 e. The van der Waals surface area contributed by atoms with E-state index in [2.05, 4.69) is 9.80 Å². The van der Waals surface area contributed by atoms with Gasteiger partial charge in [-0.1, -0.05) is 29.8 Å². The van der Waals surface area contributed by atoms with Gasteiger partial charge in [0, 0.05) is 37.4 Å². The fraction of sp³-hybridized carbons (Fsp3) is 0.316. The summed E-state index contributed by atoms with van der Waals surface area (Å²) in [4.78, 5) is 16.7. The molecule has 1 fully saturated rings. The summed E-state index contributed by atoms with van der Waals surface area (Å²) in [6, 6.07) is 14.3. The van der Waals surface area contributed by atoms with Crippen molar-refractivity contribution >= 4 is 11.5 Å². The third kappa shape index (κ3) is 3.96. The SMILES string of the molecule is Cc1ccc(C(=O)CN2CCN(c3ccc(F)cc3)CC2)cc1. The van der Waals surface area contributed by atoms with Gasteiger partial charge in [-0.15, -0.1) is 0 Å². The van der Waals surface area contributed by atoms with Crippen molar-refractivity contribution < 1.29 is 9.18 Å². The van der Waals surface area contributed by atoms with Crippen LogP contribution in [0.15, 0.2) is 48.5 Å². The van der Waals surface area contributed by atoms with Crippen molar-refractivity contribution in [3.63, 3.8) is 0 Å². The normalized spacial score (nSPS) is 15.7. The molecule has 1 saturated heterocycles. The van der Waals surface area contributed by atoms with Crippen LogP contribution in [-0.4, -0.2) is 43.4 Å². The lowest BCUT2D eigenvalue weighted by molar-refractivity contribution is 0.0926. The standard InChI is InChI=1S/C19H21FN2O/c1-15-2-4-16(5-3-15)19(23)14-21-10-12-22(13-11-21)18-8-6-17(20)7-9-18/h2-9H,10-14H2,1H3. The second-order valence-corrected chi connectivity index (χ2v) is 6.03. The molecule has 120 valence electrons. The molecular weight excluding hydrogens is 291 g/mol. The topological polar surface area (TPSA) is 23.6 Å². The summed E-state index contributed by atoms with van der Waals surface area (Å²) in [7, 11) is 0. The van der Waals surface area contributed by atoms with Crippen LogP contribution < -0.4 is 4.90 Å². The average molecular weight is 312 g/mol. The Hall–Kier alpha value is -2.20. The van der Waals surface area contributed by atoms with Crippen LogP contribution in [0.25, 0.3) is 0 Å². The molecule has 0 saturated carbocycles. The van der Waals surface area contributed by atoms with Gasteiger partial charge in [0.05, 0.1) is 6.54 Å². The molecule has 2 aromatic rings. The van der Waals surface area contributed by atoms with Gasteiger partial charge in [0.1, 0.15) is 5.82 Å². The van der Waals surface area contributed by atoms with E-state index in [0.717, 1.165) is 43.0 Å². The minimum absolute atomic E-state index is 0.167. The number of carbonyl (C=O) groups is 1. The number of hydrogen-bond donors (Lipinski definition) is 0. The molecule has 0 aliphatic carbocycles. The number of ketones is 1. The number of anilines is 1. The zero-order chi connectivity index (χ0) is 16.2. The molecule has 0 unspecified atom stereocenters. The maximum Gasteiger partial charge on any atom is 0.176 e. The quantitative estimate of drug-likeness (QED) is 0.810. The minimum Gasteiger partial charge on any atom is -0.369 e. The van der Waals surface area contributed by atoms with Gasteiger partial charge in [0.25, 0.3) is 0 Å². The van der Waals surface area contributed by atoms with Gasteiger partial charge in [-0.25, -0.2) is 4.39 Å². The number of Topliss-reactive ketones (excluding diaryl/α,β-unsaturated/α-hetero) is 1. The Balaban J connectivity index is 1.53. The number of carbonyl (C=O) groups excluding carboxylic acids is 1. The van der Waals surface area contributed by atoms with E-state index in [1.807, 2.05) is 43.3 Å². The lowest BCUT2D eigenvalue weighted by atomic mass is 10.1. The molecule has 1 aliphatic rings. The zero-order valence-corrected chi connectivity index (χ0v) is 13.3. The summed E-state index contributed by atoms with van der Waals surface area (Å²) < 4.78 is 13.0. The molecule has 3 nitrogen and oxygen atoms in total. The van der Waals surface area contributed by atoms with E-state index >= 15 is 0 Å². The van der Waals surface area contributed by atoms with Gasteiger partial charge in [-0.2, -0.15) is 0 Å². The van der Waals surface area contributed by atoms with Crippen LogP contribution in [0.5, 0.6) is 0 Å². The summed E-state index contributed by atoms with van der Waals surface area (Å²) in [5, 5.41) is 0. The van der Waals surface area contributed by atoms with E-state index in [0.29, 0.717) is 6.54 Å². The van der Waals surface area contributed by atoms with Crippen molar-refractivity contribution in [1.82, 2.24) is 4.90 Å². The first kappa shape index (κ1) is 15.7. The van der Waals surface area contributed by atoms with Crippen molar-refractivity contribution in [2.75, 3.05) is 37.6 Å². The fourth-order valence-corrected chi connectivity index (χ4v) is 2.85. The summed E-state index contributed by atoms with van der Waals surface area (Å²) in [6.07, 6.45) is 0. The molecule has 0 N–H and O–H groups in total. The Labute approximate surface area is 136 Å². The molecule has 0 radical (unpaired) electrons. The summed E-state index contributed by atoms with van der Waals surface area (Å²) in [6.45, 7) is 5.87. The monoisotopic (exact) mass is 312 g/mol. The maximum absolute atomic E-state index is 13.0. The highest BCUT2D eigenvalue weighted by atomic mass is 19.1. The number of rotatable bonds is 4. The van der Waals surface area contributed by atoms with Gasteiger partial charge >= 0.3 is 0 Å². The van der Waals surface area contributed by atoms with Crippen LogP contribution in [-0.2, 0) is 0 Å². The zero-order valence-electron chi connectivity index (χ0n) is 13.3. The van der Waals surface area contributed by atoms with E-state index in [-0.39, 0.29) is 11.6 Å². The van der Waals surface area contributed by atoms with Crippen molar-refractivity contribution in [2.45, 2.75) is 6.92 Å². The number of hydrogen-bond acceptors (Lipinski definition) is 3. The average Bonchev–Trinajstić information content (AvgIpc) is 2.57. The number of benzene rings is 2. The minimum atomic E-state index is -0.212. The van der Waals surface area contributed by atoms with Crippen LogP contribution in [0.3, 0.4) is 0 Å². The Morgan fingerprint density at radius 3 is 2.17 bits per heavy atom. The first-order valence-corrected chi connectivity index (χ1v) is 7.94. The third-order valence-electron chi connectivity index (χ3n) is 4.30. The Bertz CT molecular complexity index is 659.